The average Bonchev–Trinajstić information content (AvgIpc) is 3.66. The summed E-state index contributed by atoms with van der Waals surface area (Å²) in [6, 6.07) is 10.5. The van der Waals surface area contributed by atoms with Gasteiger partial charge in [-0.1, -0.05) is 22.4 Å². The van der Waals surface area contributed by atoms with Gasteiger partial charge in [0.15, 0.2) is 0 Å². The predicted molar refractivity (Wildman–Crippen MR) is 166 cm³/mol. The van der Waals surface area contributed by atoms with Crippen LogP contribution in [-0.4, -0.2) is 63.4 Å². The Balaban J connectivity index is 1.59. The number of carbonyl (C=O) groups excluding carboxylic acids is 2. The molecule has 0 bridgehead atoms. The molecule has 0 aliphatic heterocycles. The standard InChI is InChI=1S/C29H36BrN5O6S/c1-32-28(37)26(34-19-11-9-18(30)10-12-19)23-15-22(17-7-8-17)25(16-24(23)31)35(42(2,40)41)14-4-13-33-27(36)20-5-3-6-21(20)29(38)39/h9-12,15-17,20-21H,3-8,13-14,31H2,1-2H3,(H,32,37)(H,33,36)(H,38,39). The summed E-state index contributed by atoms with van der Waals surface area (Å²) in [7, 11) is -2.23. The summed E-state index contributed by atoms with van der Waals surface area (Å²) in [5, 5.41) is 14.8. The van der Waals surface area contributed by atoms with E-state index in [1.165, 1.54) is 11.4 Å². The highest BCUT2D eigenvalue weighted by atomic mass is 79.9. The molecule has 5 N–H and O–H groups in total. The van der Waals surface area contributed by atoms with Gasteiger partial charge in [0.25, 0.3) is 5.91 Å². The number of carboxylic acid groups (broad SMARTS) is 1. The molecule has 0 aromatic heterocycles. The molecular weight excluding hydrogens is 626 g/mol. The number of amides is 2. The smallest absolute Gasteiger partial charge is 0.307 e. The molecule has 11 nitrogen and oxygen atoms in total. The fourth-order valence-corrected chi connectivity index (χ4v) is 6.60. The maximum absolute atomic E-state index is 13.0. The van der Waals surface area contributed by atoms with Crippen molar-refractivity contribution < 1.29 is 27.9 Å². The monoisotopic (exact) mass is 661 g/mol. The van der Waals surface area contributed by atoms with E-state index < -0.39 is 33.7 Å². The van der Waals surface area contributed by atoms with Crippen LogP contribution >= 0.6 is 15.9 Å². The third kappa shape index (κ3) is 7.49. The van der Waals surface area contributed by atoms with Crippen LogP contribution in [0.5, 0.6) is 0 Å². The number of aliphatic carboxylic acids is 1. The number of sulfonamides is 1. The first kappa shape index (κ1) is 31.5. The Labute approximate surface area is 254 Å². The van der Waals surface area contributed by atoms with Crippen LogP contribution in [0.2, 0.25) is 0 Å². The molecule has 2 amide bonds. The Morgan fingerprint density at radius 1 is 1.10 bits per heavy atom. The second-order valence-electron chi connectivity index (χ2n) is 10.8. The number of carbonyl (C=O) groups is 3. The van der Waals surface area contributed by atoms with Gasteiger partial charge in [0.05, 0.1) is 29.5 Å². The summed E-state index contributed by atoms with van der Waals surface area (Å²) in [6.45, 7) is 0.278. The number of anilines is 2. The number of nitrogens with zero attached hydrogens (tertiary/aromatic N) is 2. The maximum atomic E-state index is 13.0. The van der Waals surface area contributed by atoms with E-state index in [0.29, 0.717) is 42.6 Å². The number of halogens is 1. The highest BCUT2D eigenvalue weighted by Gasteiger charge is 2.37. The fourth-order valence-electron chi connectivity index (χ4n) is 5.36. The highest BCUT2D eigenvalue weighted by molar-refractivity contribution is 9.10. The Bertz CT molecular complexity index is 1490. The quantitative estimate of drug-likeness (QED) is 0.153. The predicted octanol–water partition coefficient (Wildman–Crippen LogP) is 3.55. The Morgan fingerprint density at radius 3 is 2.36 bits per heavy atom. The van der Waals surface area contributed by atoms with Crippen molar-refractivity contribution in [3.05, 3.63) is 52.0 Å². The molecule has 2 saturated carbocycles. The molecule has 2 atom stereocenters. The molecule has 226 valence electrons. The summed E-state index contributed by atoms with van der Waals surface area (Å²) < 4.78 is 28.1. The average molecular weight is 663 g/mol. The summed E-state index contributed by atoms with van der Waals surface area (Å²) in [4.78, 5) is 41.6. The molecule has 2 aromatic carbocycles. The van der Waals surface area contributed by atoms with Gasteiger partial charge < -0.3 is 21.5 Å². The number of nitrogens with one attached hydrogen (secondary N) is 2. The summed E-state index contributed by atoms with van der Waals surface area (Å²) >= 11 is 3.39. The van der Waals surface area contributed by atoms with Gasteiger partial charge in [0.2, 0.25) is 15.9 Å². The van der Waals surface area contributed by atoms with Crippen LogP contribution in [0.1, 0.15) is 55.6 Å². The molecule has 42 heavy (non-hydrogen) atoms. The molecule has 0 saturated heterocycles. The van der Waals surface area contributed by atoms with Crippen molar-refractivity contribution in [1.29, 1.82) is 0 Å². The van der Waals surface area contributed by atoms with Crippen LogP contribution in [0.4, 0.5) is 17.1 Å². The van der Waals surface area contributed by atoms with Crippen molar-refractivity contribution in [2.45, 2.75) is 44.4 Å². The molecular formula is C29H36BrN5O6S. The van der Waals surface area contributed by atoms with E-state index in [0.717, 1.165) is 29.1 Å². The zero-order valence-corrected chi connectivity index (χ0v) is 26.0. The highest BCUT2D eigenvalue weighted by Crippen LogP contribution is 2.46. The number of carboxylic acids is 1. The van der Waals surface area contributed by atoms with Gasteiger partial charge in [-0.3, -0.25) is 18.7 Å². The van der Waals surface area contributed by atoms with Crippen LogP contribution in [0.3, 0.4) is 0 Å². The van der Waals surface area contributed by atoms with Gasteiger partial charge in [-0.05, 0) is 80.0 Å². The first-order valence-corrected chi connectivity index (χ1v) is 16.5. The zero-order chi connectivity index (χ0) is 30.6. The van der Waals surface area contributed by atoms with Crippen LogP contribution in [0, 0.1) is 11.8 Å². The number of likely N-dealkylation sites (N-methyl/N-ethyl adjacent to an activating group) is 1. The summed E-state index contributed by atoms with van der Waals surface area (Å²) in [5.41, 5.74) is 8.96. The number of aliphatic imine (C=N–C) groups is 1. The van der Waals surface area contributed by atoms with E-state index in [-0.39, 0.29) is 36.3 Å². The molecule has 0 heterocycles. The van der Waals surface area contributed by atoms with Crippen molar-refractivity contribution in [1.82, 2.24) is 10.6 Å². The summed E-state index contributed by atoms with van der Waals surface area (Å²) in [5.74, 6) is -2.86. The van der Waals surface area contributed by atoms with Crippen LogP contribution in [0.25, 0.3) is 0 Å². The second-order valence-corrected chi connectivity index (χ2v) is 13.6. The number of nitrogens with two attached hydrogens (primary N) is 1. The second kappa shape index (κ2) is 13.2. The minimum atomic E-state index is -3.73. The van der Waals surface area contributed by atoms with Crippen molar-refractivity contribution in [2.24, 2.45) is 16.8 Å². The number of hydrogen-bond acceptors (Lipinski definition) is 7. The van der Waals surface area contributed by atoms with E-state index in [1.54, 1.807) is 24.3 Å². The Morgan fingerprint density at radius 2 is 1.76 bits per heavy atom. The number of nitrogen functional groups attached to an aromatic ring is 1. The van der Waals surface area contributed by atoms with Crippen LogP contribution in [0.15, 0.2) is 45.9 Å². The molecule has 0 spiro atoms. The lowest BCUT2D eigenvalue weighted by atomic mass is 9.95. The first-order chi connectivity index (χ1) is 19.9. The molecule has 2 aliphatic carbocycles. The molecule has 2 fully saturated rings. The normalized spacial score (nSPS) is 18.9. The van der Waals surface area contributed by atoms with E-state index >= 15 is 0 Å². The summed E-state index contributed by atoms with van der Waals surface area (Å²) in [6.07, 6.45) is 4.86. The Kier molecular flexibility index (Phi) is 9.93. The van der Waals surface area contributed by atoms with Gasteiger partial charge in [-0.2, -0.15) is 0 Å². The van der Waals surface area contributed by atoms with E-state index in [2.05, 4.69) is 31.6 Å². The molecule has 0 radical (unpaired) electrons. The number of rotatable bonds is 12. The van der Waals surface area contributed by atoms with Crippen LogP contribution < -0.4 is 20.7 Å². The topological polar surface area (TPSA) is 171 Å². The van der Waals surface area contributed by atoms with E-state index in [1.807, 2.05) is 12.1 Å². The molecule has 2 aliphatic rings. The number of benzene rings is 2. The van der Waals surface area contributed by atoms with E-state index in [4.69, 9.17) is 5.73 Å². The lowest BCUT2D eigenvalue weighted by molar-refractivity contribution is -0.146. The van der Waals surface area contributed by atoms with Crippen molar-refractivity contribution in [2.75, 3.05) is 36.4 Å². The van der Waals surface area contributed by atoms with Crippen molar-refractivity contribution in [3.63, 3.8) is 0 Å². The third-order valence-electron chi connectivity index (χ3n) is 7.66. The molecule has 13 heteroatoms. The Hall–Kier alpha value is -3.45. The van der Waals surface area contributed by atoms with E-state index in [9.17, 15) is 27.9 Å². The SMILES string of the molecule is CNC(=O)C(=Nc1ccc(Br)cc1)c1cc(C2CC2)c(N(CCCNC(=O)C2CCCC2C(=O)O)S(C)(=O)=O)cc1N. The molecule has 2 aromatic rings. The maximum Gasteiger partial charge on any atom is 0.307 e. The lowest BCUT2D eigenvalue weighted by Crippen LogP contribution is -2.38. The molecule has 2 unspecified atom stereocenters. The minimum absolute atomic E-state index is 0.0833. The van der Waals surface area contributed by atoms with Crippen molar-refractivity contribution >= 4 is 66.5 Å². The van der Waals surface area contributed by atoms with Gasteiger partial charge in [0, 0.05) is 35.9 Å². The third-order valence-corrected chi connectivity index (χ3v) is 9.37. The van der Waals surface area contributed by atoms with Crippen molar-refractivity contribution in [3.8, 4) is 0 Å². The number of hydrogen-bond donors (Lipinski definition) is 4. The van der Waals surface area contributed by atoms with Gasteiger partial charge in [0.1, 0.15) is 5.71 Å². The van der Waals surface area contributed by atoms with Gasteiger partial charge in [-0.15, -0.1) is 0 Å². The van der Waals surface area contributed by atoms with Crippen LogP contribution in [-0.2, 0) is 24.4 Å². The first-order valence-electron chi connectivity index (χ1n) is 13.9. The zero-order valence-electron chi connectivity index (χ0n) is 23.6. The largest absolute Gasteiger partial charge is 0.481 e. The van der Waals surface area contributed by atoms with Gasteiger partial charge >= 0.3 is 5.97 Å². The fraction of sp³-hybridized carbons (Fsp3) is 0.448. The lowest BCUT2D eigenvalue weighted by Gasteiger charge is -2.27. The minimum Gasteiger partial charge on any atom is -0.481 e. The molecule has 4 rings (SSSR count). The van der Waals surface area contributed by atoms with Gasteiger partial charge in [-0.25, -0.2) is 13.4 Å².